The van der Waals surface area contributed by atoms with E-state index in [9.17, 15) is 19.8 Å². The van der Waals surface area contributed by atoms with Crippen LogP contribution in [0, 0.1) is 11.3 Å². The highest BCUT2D eigenvalue weighted by molar-refractivity contribution is 5.87. The SMILES string of the molecule is C=C(C)C(=O)OCCCc1cc(-c2ccc(-c3ccc(C4CCC(CCCCC)CC4)cc3)cc2C2CC2)cc(CCCOC(=O)C(=C)C)c1OCCC(CC)(CO)CO. The summed E-state index contributed by atoms with van der Waals surface area (Å²) in [7, 11) is 0. The summed E-state index contributed by atoms with van der Waals surface area (Å²) >= 11 is 0. The Kier molecular flexibility index (Phi) is 18.1. The van der Waals surface area contributed by atoms with Gasteiger partial charge in [0.15, 0.2) is 0 Å². The standard InChI is InChI=1S/C53H72O7/c1-7-9-10-13-39-16-18-40(19-17-39)41-20-22-42(23-21-41)44-26-27-48(49(34-44)43-24-25-43)47-32-45(14-11-29-59-51(56)37(3)4)50(58-31-28-53(8-2,35-54)36-55)46(33-47)15-12-30-60-52(57)38(5)6/h20-23,26-27,32-34,39-40,43,54-55H,3,5,7-19,24-25,28-31,35-36H2,1-2,4,6H3. The van der Waals surface area contributed by atoms with Gasteiger partial charge in [-0.05, 0) is 165 Å². The molecular formula is C53H72O7. The largest absolute Gasteiger partial charge is 0.493 e. The number of aliphatic hydroxyl groups excluding tert-OH is 2. The number of carbonyl (C=O) groups excluding carboxylic acids is 2. The molecule has 2 fully saturated rings. The van der Waals surface area contributed by atoms with Gasteiger partial charge in [-0.1, -0.05) is 95.2 Å². The predicted molar refractivity (Wildman–Crippen MR) is 243 cm³/mol. The molecule has 0 spiro atoms. The zero-order valence-electron chi connectivity index (χ0n) is 37.1. The van der Waals surface area contributed by atoms with Gasteiger partial charge in [-0.15, -0.1) is 0 Å². The zero-order chi connectivity index (χ0) is 43.1. The van der Waals surface area contributed by atoms with E-state index >= 15 is 0 Å². The molecule has 7 nitrogen and oxygen atoms in total. The molecule has 0 heterocycles. The maximum Gasteiger partial charge on any atom is 0.333 e. The molecule has 0 amide bonds. The first-order chi connectivity index (χ1) is 29.0. The highest BCUT2D eigenvalue weighted by atomic mass is 16.5. The fourth-order valence-electron chi connectivity index (χ4n) is 8.70. The van der Waals surface area contributed by atoms with Gasteiger partial charge in [-0.2, -0.15) is 0 Å². The molecule has 326 valence electrons. The summed E-state index contributed by atoms with van der Waals surface area (Å²) in [4.78, 5) is 24.4. The minimum atomic E-state index is -0.637. The molecule has 0 bridgehead atoms. The van der Waals surface area contributed by atoms with Crippen LogP contribution >= 0.6 is 0 Å². The molecule has 2 N–H and O–H groups in total. The van der Waals surface area contributed by atoms with Crippen molar-refractivity contribution in [1.29, 1.82) is 0 Å². The zero-order valence-corrected chi connectivity index (χ0v) is 37.1. The van der Waals surface area contributed by atoms with Gasteiger partial charge in [0.25, 0.3) is 0 Å². The van der Waals surface area contributed by atoms with Crippen LogP contribution in [0.15, 0.2) is 78.9 Å². The smallest absolute Gasteiger partial charge is 0.333 e. The monoisotopic (exact) mass is 821 g/mol. The van der Waals surface area contributed by atoms with Crippen LogP contribution in [-0.2, 0) is 31.9 Å². The summed E-state index contributed by atoms with van der Waals surface area (Å²) in [6.45, 7) is 15.5. The van der Waals surface area contributed by atoms with Crippen LogP contribution in [0.4, 0.5) is 0 Å². The fourth-order valence-corrected chi connectivity index (χ4v) is 8.70. The van der Waals surface area contributed by atoms with E-state index in [0.717, 1.165) is 41.2 Å². The van der Waals surface area contributed by atoms with E-state index in [0.29, 0.717) is 68.1 Å². The Morgan fingerprint density at radius 1 is 0.683 bits per heavy atom. The quantitative estimate of drug-likeness (QED) is 0.0498. The molecule has 5 rings (SSSR count). The number of unbranched alkanes of at least 4 members (excludes halogenated alkanes) is 2. The second kappa shape index (κ2) is 23.1. The number of benzene rings is 3. The third-order valence-corrected chi connectivity index (χ3v) is 13.0. The Bertz CT molecular complexity index is 1810. The maximum absolute atomic E-state index is 12.2. The molecule has 0 aromatic heterocycles. The lowest BCUT2D eigenvalue weighted by Gasteiger charge is -2.29. The maximum atomic E-state index is 12.2. The summed E-state index contributed by atoms with van der Waals surface area (Å²) in [6, 6.07) is 20.7. The first kappa shape index (κ1) is 46.9. The van der Waals surface area contributed by atoms with Gasteiger partial charge >= 0.3 is 11.9 Å². The number of aryl methyl sites for hydroxylation is 2. The van der Waals surface area contributed by atoms with Crippen molar-refractivity contribution in [3.63, 3.8) is 0 Å². The Morgan fingerprint density at radius 2 is 1.25 bits per heavy atom. The summed E-state index contributed by atoms with van der Waals surface area (Å²) < 4.78 is 17.6. The molecule has 3 aromatic rings. The summed E-state index contributed by atoms with van der Waals surface area (Å²) in [5.41, 5.74) is 9.71. The molecule has 0 aliphatic heterocycles. The lowest BCUT2D eigenvalue weighted by Crippen LogP contribution is -2.31. The van der Waals surface area contributed by atoms with Crippen LogP contribution in [0.1, 0.15) is 152 Å². The first-order valence-corrected chi connectivity index (χ1v) is 22.9. The van der Waals surface area contributed by atoms with Crippen molar-refractivity contribution < 1.29 is 34.0 Å². The van der Waals surface area contributed by atoms with Crippen molar-refractivity contribution in [3.8, 4) is 28.0 Å². The second-order valence-corrected chi connectivity index (χ2v) is 17.8. The highest BCUT2D eigenvalue weighted by Gasteiger charge is 2.29. The second-order valence-electron chi connectivity index (χ2n) is 17.8. The van der Waals surface area contributed by atoms with Crippen molar-refractivity contribution in [2.75, 3.05) is 33.0 Å². The summed E-state index contributed by atoms with van der Waals surface area (Å²) in [5, 5.41) is 20.3. The van der Waals surface area contributed by atoms with Gasteiger partial charge in [0.2, 0.25) is 0 Å². The van der Waals surface area contributed by atoms with E-state index in [1.54, 1.807) is 13.8 Å². The normalized spacial score (nSPS) is 16.6. The molecular weight excluding hydrogens is 749 g/mol. The van der Waals surface area contributed by atoms with E-state index in [1.807, 2.05) is 6.92 Å². The minimum Gasteiger partial charge on any atom is -0.493 e. The molecule has 7 heteroatoms. The third-order valence-electron chi connectivity index (χ3n) is 13.0. The third kappa shape index (κ3) is 13.1. The van der Waals surface area contributed by atoms with Crippen LogP contribution in [0.5, 0.6) is 5.75 Å². The van der Waals surface area contributed by atoms with Crippen molar-refractivity contribution in [1.82, 2.24) is 0 Å². The van der Waals surface area contributed by atoms with Crippen molar-refractivity contribution in [2.45, 2.75) is 142 Å². The summed E-state index contributed by atoms with van der Waals surface area (Å²) in [5.74, 6) is 2.01. The molecule has 0 saturated heterocycles. The number of aliphatic hydroxyl groups is 2. The topological polar surface area (TPSA) is 102 Å². The van der Waals surface area contributed by atoms with Gasteiger partial charge in [0, 0.05) is 16.6 Å². The van der Waals surface area contributed by atoms with Gasteiger partial charge in [0.05, 0.1) is 33.0 Å². The average molecular weight is 821 g/mol. The molecule has 2 aliphatic rings. The van der Waals surface area contributed by atoms with Crippen molar-refractivity contribution in [2.24, 2.45) is 11.3 Å². The van der Waals surface area contributed by atoms with Crippen molar-refractivity contribution >= 4 is 11.9 Å². The van der Waals surface area contributed by atoms with E-state index in [4.69, 9.17) is 14.2 Å². The fraction of sp³-hybridized carbons (Fsp3) is 0.547. The highest BCUT2D eigenvalue weighted by Crippen LogP contribution is 2.47. The predicted octanol–water partition coefficient (Wildman–Crippen LogP) is 12.0. The first-order valence-electron chi connectivity index (χ1n) is 22.9. The molecule has 2 aliphatic carbocycles. The van der Waals surface area contributed by atoms with Gasteiger partial charge in [0.1, 0.15) is 5.75 Å². The van der Waals surface area contributed by atoms with Gasteiger partial charge in [-0.25, -0.2) is 9.59 Å². The number of ether oxygens (including phenoxy) is 3. The molecule has 0 radical (unpaired) electrons. The van der Waals surface area contributed by atoms with Crippen molar-refractivity contribution in [3.05, 3.63) is 101 Å². The number of rotatable bonds is 25. The van der Waals surface area contributed by atoms with Crippen LogP contribution < -0.4 is 4.74 Å². The van der Waals surface area contributed by atoms with E-state index in [1.165, 1.54) is 79.2 Å². The molecule has 3 aromatic carbocycles. The Morgan fingerprint density at radius 3 is 1.77 bits per heavy atom. The van der Waals surface area contributed by atoms with E-state index < -0.39 is 17.4 Å². The number of esters is 2. The van der Waals surface area contributed by atoms with Gasteiger partial charge < -0.3 is 24.4 Å². The van der Waals surface area contributed by atoms with Crippen LogP contribution in [-0.4, -0.2) is 55.2 Å². The number of carbonyl (C=O) groups is 2. The molecule has 60 heavy (non-hydrogen) atoms. The lowest BCUT2D eigenvalue weighted by molar-refractivity contribution is -0.139. The van der Waals surface area contributed by atoms with Crippen LogP contribution in [0.25, 0.3) is 22.3 Å². The Balaban J connectivity index is 1.44. The Hall–Kier alpha value is -4.20. The Labute approximate surface area is 360 Å². The molecule has 0 unspecified atom stereocenters. The van der Waals surface area contributed by atoms with E-state index in [2.05, 4.69) is 74.7 Å². The molecule has 0 atom stereocenters. The van der Waals surface area contributed by atoms with E-state index in [-0.39, 0.29) is 26.4 Å². The molecule has 2 saturated carbocycles. The minimum absolute atomic E-state index is 0.131. The number of hydrogen-bond donors (Lipinski definition) is 2. The average Bonchev–Trinajstić information content (AvgIpc) is 4.12. The van der Waals surface area contributed by atoms with Gasteiger partial charge in [-0.3, -0.25) is 0 Å². The van der Waals surface area contributed by atoms with Crippen LogP contribution in [0.3, 0.4) is 0 Å². The lowest BCUT2D eigenvalue weighted by atomic mass is 9.77. The van der Waals surface area contributed by atoms with Crippen LogP contribution in [0.2, 0.25) is 0 Å². The number of hydrogen-bond acceptors (Lipinski definition) is 7. The summed E-state index contributed by atoms with van der Waals surface area (Å²) in [6.07, 6.45) is 16.6.